The Morgan fingerprint density at radius 3 is 2.63 bits per heavy atom. The fraction of sp³-hybridized carbons (Fsp3) is 0.222. The van der Waals surface area contributed by atoms with Crippen molar-refractivity contribution in [2.24, 2.45) is 0 Å². The van der Waals surface area contributed by atoms with Crippen LogP contribution in [0.4, 0.5) is 5.69 Å². The third-order valence-corrected chi connectivity index (χ3v) is 3.76. The lowest BCUT2D eigenvalue weighted by Gasteiger charge is -2.23. The fourth-order valence-corrected chi connectivity index (χ4v) is 2.77. The van der Waals surface area contributed by atoms with Gasteiger partial charge in [0.25, 0.3) is 0 Å². The Bertz CT molecular complexity index is 571. The van der Waals surface area contributed by atoms with E-state index in [1.54, 1.807) is 0 Å². The van der Waals surface area contributed by atoms with Gasteiger partial charge in [-0.15, -0.1) is 0 Å². The first-order valence-electron chi connectivity index (χ1n) is 6.91. The van der Waals surface area contributed by atoms with Crippen molar-refractivity contribution in [2.45, 2.75) is 19.4 Å². The highest BCUT2D eigenvalue weighted by atomic mass is 15.2. The van der Waals surface area contributed by atoms with E-state index in [2.05, 4.69) is 78.6 Å². The number of rotatable bonds is 3. The molecule has 1 atom stereocenters. The summed E-state index contributed by atoms with van der Waals surface area (Å²) >= 11 is 0. The molecule has 96 valence electrons. The van der Waals surface area contributed by atoms with E-state index in [-0.39, 0.29) is 0 Å². The van der Waals surface area contributed by atoms with E-state index < -0.39 is 0 Å². The quantitative estimate of drug-likeness (QED) is 0.790. The summed E-state index contributed by atoms with van der Waals surface area (Å²) in [6.45, 7) is 3.28. The molecule has 0 saturated carbocycles. The van der Waals surface area contributed by atoms with E-state index in [1.165, 1.54) is 16.8 Å². The van der Waals surface area contributed by atoms with Gasteiger partial charge < -0.3 is 4.90 Å². The molecule has 19 heavy (non-hydrogen) atoms. The average molecular weight is 249 g/mol. The summed E-state index contributed by atoms with van der Waals surface area (Å²) in [4.78, 5) is 2.48. The largest absolute Gasteiger partial charge is 0.365 e. The lowest BCUT2D eigenvalue weighted by molar-refractivity contribution is 0.707. The van der Waals surface area contributed by atoms with Crippen molar-refractivity contribution in [1.29, 1.82) is 0 Å². The van der Waals surface area contributed by atoms with E-state index in [0.717, 1.165) is 13.0 Å². The van der Waals surface area contributed by atoms with Gasteiger partial charge in [-0.1, -0.05) is 60.7 Å². The maximum atomic E-state index is 2.48. The van der Waals surface area contributed by atoms with Gasteiger partial charge in [-0.2, -0.15) is 0 Å². The molecular weight excluding hydrogens is 230 g/mol. The number of para-hydroxylation sites is 1. The predicted molar refractivity (Wildman–Crippen MR) is 82.4 cm³/mol. The first kappa shape index (κ1) is 12.0. The maximum Gasteiger partial charge on any atom is 0.0404 e. The van der Waals surface area contributed by atoms with Gasteiger partial charge in [-0.25, -0.2) is 0 Å². The highest BCUT2D eigenvalue weighted by Gasteiger charge is 2.23. The molecule has 0 aliphatic carbocycles. The third-order valence-electron chi connectivity index (χ3n) is 3.76. The Labute approximate surface area is 115 Å². The van der Waals surface area contributed by atoms with Crippen LogP contribution in [0.15, 0.2) is 60.7 Å². The molecule has 1 heteroatoms. The Kier molecular flexibility index (Phi) is 3.37. The van der Waals surface area contributed by atoms with Gasteiger partial charge >= 0.3 is 0 Å². The normalized spacial score (nSPS) is 17.9. The minimum absolute atomic E-state index is 0.595. The van der Waals surface area contributed by atoms with Crippen LogP contribution in [-0.4, -0.2) is 12.6 Å². The van der Waals surface area contributed by atoms with Crippen LogP contribution in [0, 0.1) is 0 Å². The molecule has 1 heterocycles. The molecule has 2 aromatic rings. The van der Waals surface area contributed by atoms with Crippen molar-refractivity contribution in [3.63, 3.8) is 0 Å². The summed E-state index contributed by atoms with van der Waals surface area (Å²) in [6, 6.07) is 19.8. The molecule has 3 rings (SSSR count). The first-order chi connectivity index (χ1) is 9.34. The Hall–Kier alpha value is -2.02. The zero-order valence-corrected chi connectivity index (χ0v) is 11.3. The van der Waals surface area contributed by atoms with E-state index in [4.69, 9.17) is 0 Å². The molecule has 1 aliphatic rings. The predicted octanol–water partition coefficient (Wildman–Crippen LogP) is 4.15. The number of benzene rings is 2. The van der Waals surface area contributed by atoms with Crippen LogP contribution >= 0.6 is 0 Å². The fourth-order valence-electron chi connectivity index (χ4n) is 2.77. The third kappa shape index (κ3) is 2.55. The molecule has 0 radical (unpaired) electrons. The number of nitrogens with zero attached hydrogens (tertiary/aromatic N) is 1. The van der Waals surface area contributed by atoms with Gasteiger partial charge in [0, 0.05) is 18.3 Å². The van der Waals surface area contributed by atoms with E-state index >= 15 is 0 Å². The highest BCUT2D eigenvalue weighted by molar-refractivity contribution is 5.60. The molecule has 0 fully saturated rings. The average Bonchev–Trinajstić information content (AvgIpc) is 2.76. The molecule has 1 aliphatic heterocycles. The zero-order chi connectivity index (χ0) is 13.1. The number of hydrogen-bond donors (Lipinski definition) is 0. The van der Waals surface area contributed by atoms with Crippen molar-refractivity contribution in [2.75, 3.05) is 11.4 Å². The van der Waals surface area contributed by atoms with Crippen LogP contribution in [0.1, 0.15) is 18.1 Å². The Balaban J connectivity index is 1.72. The van der Waals surface area contributed by atoms with Crippen LogP contribution in [0.5, 0.6) is 0 Å². The molecule has 1 unspecified atom stereocenters. The van der Waals surface area contributed by atoms with Crippen molar-refractivity contribution < 1.29 is 0 Å². The summed E-state index contributed by atoms with van der Waals surface area (Å²) in [5.41, 5.74) is 4.14. The molecule has 0 saturated heterocycles. The number of hydrogen-bond acceptors (Lipinski definition) is 1. The van der Waals surface area contributed by atoms with Crippen LogP contribution < -0.4 is 4.90 Å². The Morgan fingerprint density at radius 2 is 1.79 bits per heavy atom. The van der Waals surface area contributed by atoms with Crippen molar-refractivity contribution in [1.82, 2.24) is 0 Å². The second-order valence-electron chi connectivity index (χ2n) is 5.15. The van der Waals surface area contributed by atoms with Crippen molar-refractivity contribution in [3.8, 4) is 0 Å². The van der Waals surface area contributed by atoms with Gasteiger partial charge in [0.1, 0.15) is 0 Å². The molecule has 0 N–H and O–H groups in total. The van der Waals surface area contributed by atoms with Gasteiger partial charge in [0.2, 0.25) is 0 Å². The second-order valence-corrected chi connectivity index (χ2v) is 5.15. The van der Waals surface area contributed by atoms with Crippen molar-refractivity contribution >= 4 is 11.8 Å². The minimum Gasteiger partial charge on any atom is -0.365 e. The van der Waals surface area contributed by atoms with Gasteiger partial charge in [-0.3, -0.25) is 0 Å². The lowest BCUT2D eigenvalue weighted by atomic mass is 10.1. The second kappa shape index (κ2) is 5.31. The van der Waals surface area contributed by atoms with Crippen LogP contribution in [-0.2, 0) is 6.42 Å². The van der Waals surface area contributed by atoms with Crippen molar-refractivity contribution in [3.05, 3.63) is 71.8 Å². The molecule has 0 amide bonds. The van der Waals surface area contributed by atoms with Gasteiger partial charge in [-0.05, 0) is 30.5 Å². The number of fused-ring (bicyclic) bond motifs is 1. The SMILES string of the molecule is CC1Cc2ccccc2N1C/C=C/c1ccccc1. The summed E-state index contributed by atoms with van der Waals surface area (Å²) < 4.78 is 0. The molecule has 0 aromatic heterocycles. The molecule has 0 spiro atoms. The minimum atomic E-state index is 0.595. The highest BCUT2D eigenvalue weighted by Crippen LogP contribution is 2.31. The summed E-state index contributed by atoms with van der Waals surface area (Å²) in [5.74, 6) is 0. The lowest BCUT2D eigenvalue weighted by Crippen LogP contribution is -2.29. The number of anilines is 1. The van der Waals surface area contributed by atoms with E-state index in [1.807, 2.05) is 0 Å². The molecular formula is C18H19N. The van der Waals surface area contributed by atoms with Gasteiger partial charge in [0.15, 0.2) is 0 Å². The smallest absolute Gasteiger partial charge is 0.0404 e. The molecule has 2 aromatic carbocycles. The monoisotopic (exact) mass is 249 g/mol. The first-order valence-corrected chi connectivity index (χ1v) is 6.91. The summed E-state index contributed by atoms with van der Waals surface area (Å²) in [5, 5.41) is 0. The molecule has 1 nitrogen and oxygen atoms in total. The van der Waals surface area contributed by atoms with Crippen LogP contribution in [0.25, 0.3) is 6.08 Å². The van der Waals surface area contributed by atoms with Gasteiger partial charge in [0.05, 0.1) is 0 Å². The summed E-state index contributed by atoms with van der Waals surface area (Å²) in [6.07, 6.45) is 5.62. The zero-order valence-electron chi connectivity index (χ0n) is 11.3. The summed E-state index contributed by atoms with van der Waals surface area (Å²) in [7, 11) is 0. The Morgan fingerprint density at radius 1 is 1.05 bits per heavy atom. The standard InChI is InChI=1S/C18H19N/c1-15-14-17-11-5-6-12-18(17)19(15)13-7-10-16-8-3-2-4-9-16/h2-12,15H,13-14H2,1H3/b10-7+. The topological polar surface area (TPSA) is 3.24 Å². The van der Waals surface area contributed by atoms with Crippen LogP contribution in [0.2, 0.25) is 0 Å². The molecule has 0 bridgehead atoms. The van der Waals surface area contributed by atoms with E-state index in [0.29, 0.717) is 6.04 Å². The van der Waals surface area contributed by atoms with Crippen LogP contribution in [0.3, 0.4) is 0 Å². The van der Waals surface area contributed by atoms with E-state index in [9.17, 15) is 0 Å². The maximum absolute atomic E-state index is 2.48.